The van der Waals surface area contributed by atoms with Gasteiger partial charge in [0.05, 0.1) is 10.7 Å². The first kappa shape index (κ1) is 9.77. The van der Waals surface area contributed by atoms with Gasteiger partial charge in [0.1, 0.15) is 0 Å². The van der Waals surface area contributed by atoms with E-state index in [9.17, 15) is 4.79 Å². The molecule has 0 spiro atoms. The van der Waals surface area contributed by atoms with E-state index in [0.29, 0.717) is 11.6 Å². The Labute approximate surface area is 99.2 Å². The van der Waals surface area contributed by atoms with Gasteiger partial charge in [0.15, 0.2) is 11.3 Å². The SMILES string of the molecule is O=C(O)c1cc(C2CC2)n2ncc(Br)c2n1. The molecule has 0 saturated heterocycles. The summed E-state index contributed by atoms with van der Waals surface area (Å²) in [4.78, 5) is 15.0. The second-order valence-electron chi connectivity index (χ2n) is 3.87. The highest BCUT2D eigenvalue weighted by atomic mass is 79.9. The van der Waals surface area contributed by atoms with Gasteiger partial charge in [-0.25, -0.2) is 14.3 Å². The molecule has 82 valence electrons. The molecular weight excluding hydrogens is 274 g/mol. The van der Waals surface area contributed by atoms with Gasteiger partial charge >= 0.3 is 5.97 Å². The number of halogens is 1. The standard InChI is InChI=1S/C10H8BrN3O2/c11-6-4-12-14-8(5-1-2-5)3-7(10(15)16)13-9(6)14/h3-5H,1-2H2,(H,15,16). The summed E-state index contributed by atoms with van der Waals surface area (Å²) in [5.41, 5.74) is 1.59. The summed E-state index contributed by atoms with van der Waals surface area (Å²) in [6.07, 6.45) is 3.82. The van der Waals surface area contributed by atoms with Crippen LogP contribution in [0.2, 0.25) is 0 Å². The van der Waals surface area contributed by atoms with Crippen molar-refractivity contribution in [2.75, 3.05) is 0 Å². The Bertz CT molecular complexity index is 589. The molecule has 5 nitrogen and oxygen atoms in total. The number of nitrogens with zero attached hydrogens (tertiary/aromatic N) is 3. The highest BCUT2D eigenvalue weighted by Crippen LogP contribution is 2.40. The highest BCUT2D eigenvalue weighted by molar-refractivity contribution is 9.10. The predicted octanol–water partition coefficient (Wildman–Crippen LogP) is 2.07. The molecule has 0 aliphatic heterocycles. The van der Waals surface area contributed by atoms with E-state index in [1.165, 1.54) is 0 Å². The molecule has 2 heterocycles. The molecule has 2 aromatic rings. The van der Waals surface area contributed by atoms with Crippen LogP contribution in [0.1, 0.15) is 34.9 Å². The summed E-state index contributed by atoms with van der Waals surface area (Å²) >= 11 is 3.32. The summed E-state index contributed by atoms with van der Waals surface area (Å²) in [7, 11) is 0. The van der Waals surface area contributed by atoms with Crippen LogP contribution in [-0.2, 0) is 0 Å². The highest BCUT2D eigenvalue weighted by Gasteiger charge is 2.28. The van der Waals surface area contributed by atoms with Crippen molar-refractivity contribution in [3.05, 3.63) is 28.1 Å². The Morgan fingerprint density at radius 1 is 1.56 bits per heavy atom. The minimum atomic E-state index is -1.00. The van der Waals surface area contributed by atoms with E-state index in [4.69, 9.17) is 5.11 Å². The number of rotatable bonds is 2. The normalized spacial score (nSPS) is 15.6. The van der Waals surface area contributed by atoms with E-state index >= 15 is 0 Å². The fourth-order valence-electron chi connectivity index (χ4n) is 1.74. The van der Waals surface area contributed by atoms with Crippen molar-refractivity contribution in [1.82, 2.24) is 14.6 Å². The van der Waals surface area contributed by atoms with Crippen molar-refractivity contribution in [3.8, 4) is 0 Å². The van der Waals surface area contributed by atoms with Crippen LogP contribution in [0.5, 0.6) is 0 Å². The van der Waals surface area contributed by atoms with Crippen LogP contribution < -0.4 is 0 Å². The van der Waals surface area contributed by atoms with Gasteiger partial charge < -0.3 is 5.11 Å². The summed E-state index contributed by atoms with van der Waals surface area (Å²) in [6.45, 7) is 0. The zero-order valence-electron chi connectivity index (χ0n) is 8.22. The van der Waals surface area contributed by atoms with Gasteiger partial charge in [0, 0.05) is 11.6 Å². The Hall–Kier alpha value is -1.43. The fourth-order valence-corrected chi connectivity index (χ4v) is 2.09. The van der Waals surface area contributed by atoms with Crippen molar-refractivity contribution < 1.29 is 9.90 Å². The first-order valence-electron chi connectivity index (χ1n) is 4.94. The first-order chi connectivity index (χ1) is 7.66. The molecule has 2 aromatic heterocycles. The van der Waals surface area contributed by atoms with Crippen molar-refractivity contribution >= 4 is 27.5 Å². The second-order valence-corrected chi connectivity index (χ2v) is 4.73. The fraction of sp³-hybridized carbons (Fsp3) is 0.300. The van der Waals surface area contributed by atoms with Crippen molar-refractivity contribution in [2.24, 2.45) is 0 Å². The molecule has 0 atom stereocenters. The minimum absolute atomic E-state index is 0.0793. The lowest BCUT2D eigenvalue weighted by molar-refractivity contribution is 0.0690. The van der Waals surface area contributed by atoms with E-state index < -0.39 is 5.97 Å². The lowest BCUT2D eigenvalue weighted by Crippen LogP contribution is -2.07. The third-order valence-corrected chi connectivity index (χ3v) is 3.23. The molecule has 0 unspecified atom stereocenters. The van der Waals surface area contributed by atoms with Crippen LogP contribution >= 0.6 is 15.9 Å². The van der Waals surface area contributed by atoms with Gasteiger partial charge in [-0.1, -0.05) is 0 Å². The number of carboxylic acid groups (broad SMARTS) is 1. The Kier molecular flexibility index (Phi) is 2.00. The van der Waals surface area contributed by atoms with Crippen LogP contribution in [0.4, 0.5) is 0 Å². The molecule has 6 heteroatoms. The zero-order chi connectivity index (χ0) is 11.3. The van der Waals surface area contributed by atoms with Crippen molar-refractivity contribution in [3.63, 3.8) is 0 Å². The number of carboxylic acids is 1. The van der Waals surface area contributed by atoms with Crippen LogP contribution in [0, 0.1) is 0 Å². The molecule has 0 bridgehead atoms. The lowest BCUT2D eigenvalue weighted by atomic mass is 10.2. The molecule has 1 aliphatic carbocycles. The van der Waals surface area contributed by atoms with E-state index in [2.05, 4.69) is 26.0 Å². The van der Waals surface area contributed by atoms with Gasteiger partial charge in [0.25, 0.3) is 0 Å². The second kappa shape index (κ2) is 3.28. The first-order valence-corrected chi connectivity index (χ1v) is 5.73. The average molecular weight is 282 g/mol. The van der Waals surface area contributed by atoms with Crippen LogP contribution in [0.25, 0.3) is 5.65 Å². The number of carbonyl (C=O) groups is 1. The third-order valence-electron chi connectivity index (χ3n) is 2.67. The maximum Gasteiger partial charge on any atom is 0.354 e. The molecule has 1 aliphatic rings. The molecule has 0 radical (unpaired) electrons. The summed E-state index contributed by atoms with van der Waals surface area (Å²) in [6, 6.07) is 1.62. The van der Waals surface area contributed by atoms with Gasteiger partial charge in [0.2, 0.25) is 0 Å². The molecule has 3 rings (SSSR count). The molecule has 16 heavy (non-hydrogen) atoms. The van der Waals surface area contributed by atoms with E-state index in [1.807, 2.05) is 0 Å². The molecule has 0 amide bonds. The number of aromatic nitrogens is 3. The largest absolute Gasteiger partial charge is 0.477 e. The van der Waals surface area contributed by atoms with E-state index in [1.54, 1.807) is 16.8 Å². The molecular formula is C10H8BrN3O2. The van der Waals surface area contributed by atoms with Gasteiger partial charge in [-0.2, -0.15) is 5.10 Å². The monoisotopic (exact) mass is 281 g/mol. The van der Waals surface area contributed by atoms with Crippen LogP contribution in [0.3, 0.4) is 0 Å². The average Bonchev–Trinajstić information content (AvgIpc) is 3.03. The topological polar surface area (TPSA) is 67.5 Å². The van der Waals surface area contributed by atoms with Crippen LogP contribution in [0.15, 0.2) is 16.7 Å². The van der Waals surface area contributed by atoms with Crippen molar-refractivity contribution in [1.29, 1.82) is 0 Å². The number of hydrogen-bond acceptors (Lipinski definition) is 3. The van der Waals surface area contributed by atoms with Crippen molar-refractivity contribution in [2.45, 2.75) is 18.8 Å². The number of hydrogen-bond donors (Lipinski definition) is 1. The molecule has 0 aromatic carbocycles. The van der Waals surface area contributed by atoms with Gasteiger partial charge in [-0.05, 0) is 34.8 Å². The van der Waals surface area contributed by atoms with Crippen LogP contribution in [-0.4, -0.2) is 25.7 Å². The summed E-state index contributed by atoms with van der Waals surface area (Å²) in [5.74, 6) is -0.576. The minimum Gasteiger partial charge on any atom is -0.477 e. The van der Waals surface area contributed by atoms with E-state index in [0.717, 1.165) is 23.0 Å². The van der Waals surface area contributed by atoms with Gasteiger partial charge in [-0.15, -0.1) is 0 Å². The third kappa shape index (κ3) is 1.41. The molecule has 1 saturated carbocycles. The Balaban J connectivity index is 2.32. The lowest BCUT2D eigenvalue weighted by Gasteiger charge is -2.04. The molecule has 1 fully saturated rings. The Morgan fingerprint density at radius 3 is 2.94 bits per heavy atom. The maximum absolute atomic E-state index is 11.0. The zero-order valence-corrected chi connectivity index (χ0v) is 9.81. The summed E-state index contributed by atoms with van der Waals surface area (Å²) < 4.78 is 2.44. The van der Waals surface area contributed by atoms with Gasteiger partial charge in [-0.3, -0.25) is 0 Å². The summed E-state index contributed by atoms with van der Waals surface area (Å²) in [5, 5.41) is 13.2. The Morgan fingerprint density at radius 2 is 2.31 bits per heavy atom. The maximum atomic E-state index is 11.0. The predicted molar refractivity (Wildman–Crippen MR) is 59.6 cm³/mol. The number of aromatic carboxylic acids is 1. The quantitative estimate of drug-likeness (QED) is 0.915. The van der Waals surface area contributed by atoms with E-state index in [-0.39, 0.29) is 5.69 Å². The smallest absolute Gasteiger partial charge is 0.354 e. The molecule has 1 N–H and O–H groups in total. The number of fused-ring (bicyclic) bond motifs is 1.